The first-order valence-electron chi connectivity index (χ1n) is 8.27. The molecule has 126 valence electrons. The van der Waals surface area contributed by atoms with E-state index in [0.717, 1.165) is 37.5 Å². The van der Waals surface area contributed by atoms with Crippen LogP contribution in [0.15, 0.2) is 6.08 Å². The molecule has 23 heavy (non-hydrogen) atoms. The minimum Gasteiger partial charge on any atom is -0.491 e. The minimum absolute atomic E-state index is 0.00387. The number of esters is 1. The third-order valence-corrected chi connectivity index (χ3v) is 5.47. The molecule has 1 aliphatic carbocycles. The summed E-state index contributed by atoms with van der Waals surface area (Å²) < 4.78 is 13.0. The van der Waals surface area contributed by atoms with Crippen LogP contribution in [-0.2, 0) is 9.53 Å². The molecule has 0 amide bonds. The van der Waals surface area contributed by atoms with Gasteiger partial charge < -0.3 is 15.2 Å². The van der Waals surface area contributed by atoms with E-state index in [1.54, 1.807) is 0 Å². The Morgan fingerprint density at radius 1 is 1.39 bits per heavy atom. The first-order chi connectivity index (χ1) is 11.2. The van der Waals surface area contributed by atoms with Crippen molar-refractivity contribution in [2.24, 2.45) is 17.8 Å². The Balaban J connectivity index is 1.58. The number of aromatic hydroxyl groups is 1. The van der Waals surface area contributed by atoms with Gasteiger partial charge >= 0.3 is 5.97 Å². The van der Waals surface area contributed by atoms with Crippen molar-refractivity contribution in [1.29, 1.82) is 0 Å². The lowest BCUT2D eigenvalue weighted by Crippen LogP contribution is -2.50. The molecule has 0 spiro atoms. The van der Waals surface area contributed by atoms with Crippen molar-refractivity contribution in [3.63, 3.8) is 0 Å². The predicted octanol–water partition coefficient (Wildman–Crippen LogP) is 2.21. The summed E-state index contributed by atoms with van der Waals surface area (Å²) in [6.45, 7) is 3.18. The Hall–Kier alpha value is -1.47. The van der Waals surface area contributed by atoms with E-state index >= 15 is 0 Å². The highest BCUT2D eigenvalue weighted by Crippen LogP contribution is 2.39. The monoisotopic (exact) mass is 337 g/mol. The number of carbonyl (C=O) groups excluding carboxylic acids is 1. The molecule has 2 fully saturated rings. The summed E-state index contributed by atoms with van der Waals surface area (Å²) in [5.41, 5.74) is 0.548. The molecule has 1 saturated carbocycles. The molecule has 0 radical (unpaired) electrons. The number of nitrogens with one attached hydrogen (secondary N) is 1. The molecule has 0 aromatic carbocycles. The van der Waals surface area contributed by atoms with E-state index in [4.69, 9.17) is 4.74 Å². The smallest absolute Gasteiger partial charge is 0.323 e. The van der Waals surface area contributed by atoms with Crippen molar-refractivity contribution in [3.8, 4) is 5.88 Å². The van der Waals surface area contributed by atoms with Crippen LogP contribution in [-0.4, -0.2) is 39.0 Å². The Morgan fingerprint density at radius 3 is 3.00 bits per heavy atom. The number of fused-ring (bicyclic) bond motifs is 1. The lowest BCUT2D eigenvalue weighted by Gasteiger charge is -2.41. The van der Waals surface area contributed by atoms with Crippen molar-refractivity contribution in [2.45, 2.75) is 38.6 Å². The van der Waals surface area contributed by atoms with Crippen LogP contribution in [0.4, 0.5) is 0 Å². The topological polar surface area (TPSA) is 84.3 Å². The van der Waals surface area contributed by atoms with E-state index in [1.165, 1.54) is 6.42 Å². The number of aromatic nitrogens is 2. The fourth-order valence-corrected chi connectivity index (χ4v) is 4.16. The van der Waals surface area contributed by atoms with E-state index in [0.29, 0.717) is 30.1 Å². The molecule has 4 unspecified atom stereocenters. The zero-order chi connectivity index (χ0) is 16.2. The molecular weight excluding hydrogens is 314 g/mol. The largest absolute Gasteiger partial charge is 0.491 e. The molecule has 1 aromatic rings. The molecule has 7 heteroatoms. The summed E-state index contributed by atoms with van der Waals surface area (Å²) in [5.74, 6) is 1.56. The first kappa shape index (κ1) is 16.4. The molecular formula is C16H23N3O3S. The Bertz CT molecular complexity index is 575. The summed E-state index contributed by atoms with van der Waals surface area (Å²) in [6, 6.07) is -0.161. The number of ether oxygens (including phenoxy) is 1. The van der Waals surface area contributed by atoms with Crippen molar-refractivity contribution in [1.82, 2.24) is 14.1 Å². The van der Waals surface area contributed by atoms with Crippen LogP contribution in [0.25, 0.3) is 6.08 Å². The molecule has 4 atom stereocenters. The van der Waals surface area contributed by atoms with E-state index in [-0.39, 0.29) is 17.9 Å². The van der Waals surface area contributed by atoms with Crippen molar-refractivity contribution in [3.05, 3.63) is 11.8 Å². The predicted molar refractivity (Wildman–Crippen MR) is 88.0 cm³/mol. The summed E-state index contributed by atoms with van der Waals surface area (Å²) in [5, 5.41) is 12.9. The summed E-state index contributed by atoms with van der Waals surface area (Å²) in [4.78, 5) is 11.9. The maximum atomic E-state index is 11.9. The standard InChI is InChI=1S/C16H23N3O3S/c1-2-22-16(21)14-8-12-7-10(3-5-11(12)9-17-14)4-6-13-15(20)19-23-18-13/h4,6,10-12,14,17H,2-3,5,7-9H2,1H3,(H,19,20)/b6-4+. The van der Waals surface area contributed by atoms with Gasteiger partial charge in [0.2, 0.25) is 0 Å². The maximum absolute atomic E-state index is 11.9. The fourth-order valence-electron chi connectivity index (χ4n) is 3.72. The number of nitrogens with zero attached hydrogens (tertiary/aromatic N) is 2. The molecule has 1 saturated heterocycles. The number of piperidine rings is 1. The molecule has 1 aliphatic heterocycles. The van der Waals surface area contributed by atoms with Crippen LogP contribution in [0.3, 0.4) is 0 Å². The van der Waals surface area contributed by atoms with E-state index in [9.17, 15) is 9.90 Å². The molecule has 6 nitrogen and oxygen atoms in total. The van der Waals surface area contributed by atoms with Gasteiger partial charge in [-0.3, -0.25) is 4.79 Å². The van der Waals surface area contributed by atoms with Gasteiger partial charge in [-0.15, -0.1) is 4.37 Å². The molecule has 0 bridgehead atoms. The average Bonchev–Trinajstić information content (AvgIpc) is 2.97. The van der Waals surface area contributed by atoms with Crippen LogP contribution in [0.1, 0.15) is 38.3 Å². The maximum Gasteiger partial charge on any atom is 0.323 e. The normalized spacial score (nSPS) is 31.0. The second-order valence-corrected chi connectivity index (χ2v) is 6.90. The lowest BCUT2D eigenvalue weighted by molar-refractivity contribution is -0.147. The lowest BCUT2D eigenvalue weighted by atomic mass is 9.69. The van der Waals surface area contributed by atoms with Crippen molar-refractivity contribution in [2.75, 3.05) is 13.2 Å². The van der Waals surface area contributed by atoms with Gasteiger partial charge in [0.25, 0.3) is 5.88 Å². The summed E-state index contributed by atoms with van der Waals surface area (Å²) >= 11 is 1.02. The molecule has 2 aliphatic rings. The quantitative estimate of drug-likeness (QED) is 0.820. The Labute approximate surface area is 140 Å². The highest BCUT2D eigenvalue weighted by molar-refractivity contribution is 6.99. The Kier molecular flexibility index (Phi) is 5.27. The zero-order valence-electron chi connectivity index (χ0n) is 13.3. The van der Waals surface area contributed by atoms with E-state index in [1.807, 2.05) is 13.0 Å². The number of hydrogen-bond donors (Lipinski definition) is 2. The third kappa shape index (κ3) is 3.90. The van der Waals surface area contributed by atoms with Crippen LogP contribution >= 0.6 is 11.7 Å². The van der Waals surface area contributed by atoms with Gasteiger partial charge in [0, 0.05) is 0 Å². The van der Waals surface area contributed by atoms with Gasteiger partial charge in [-0.1, -0.05) is 6.08 Å². The highest BCUT2D eigenvalue weighted by atomic mass is 32.1. The van der Waals surface area contributed by atoms with Crippen molar-refractivity contribution >= 4 is 23.8 Å². The van der Waals surface area contributed by atoms with Crippen LogP contribution in [0.5, 0.6) is 5.88 Å². The number of rotatable bonds is 4. The SMILES string of the molecule is CCOC(=O)C1CC2CC(/C=C/c3nsnc3O)CCC2CN1. The number of carbonyl (C=O) groups is 1. The second-order valence-electron chi connectivity index (χ2n) is 6.37. The van der Waals surface area contributed by atoms with E-state index < -0.39 is 0 Å². The molecule has 2 heterocycles. The fraction of sp³-hybridized carbons (Fsp3) is 0.688. The Morgan fingerprint density at radius 2 is 2.26 bits per heavy atom. The van der Waals surface area contributed by atoms with Crippen molar-refractivity contribution < 1.29 is 14.6 Å². The van der Waals surface area contributed by atoms with Gasteiger partial charge in [0.05, 0.1) is 18.3 Å². The summed E-state index contributed by atoms with van der Waals surface area (Å²) in [6.07, 6.45) is 8.25. The summed E-state index contributed by atoms with van der Waals surface area (Å²) in [7, 11) is 0. The van der Waals surface area contributed by atoms with Gasteiger partial charge in [-0.25, -0.2) is 0 Å². The van der Waals surface area contributed by atoms with Crippen LogP contribution < -0.4 is 5.32 Å². The average molecular weight is 337 g/mol. The second kappa shape index (κ2) is 7.40. The van der Waals surface area contributed by atoms with Crippen LogP contribution in [0, 0.1) is 17.8 Å². The number of hydrogen-bond acceptors (Lipinski definition) is 7. The van der Waals surface area contributed by atoms with E-state index in [2.05, 4.69) is 20.1 Å². The molecule has 2 N–H and O–H groups in total. The highest BCUT2D eigenvalue weighted by Gasteiger charge is 2.37. The van der Waals surface area contributed by atoms with Gasteiger partial charge in [0.15, 0.2) is 0 Å². The number of allylic oxidation sites excluding steroid dienone is 1. The molecule has 1 aromatic heterocycles. The zero-order valence-corrected chi connectivity index (χ0v) is 14.1. The van der Waals surface area contributed by atoms with Gasteiger partial charge in [-0.05, 0) is 63.0 Å². The van der Waals surface area contributed by atoms with Gasteiger partial charge in [-0.2, -0.15) is 4.37 Å². The van der Waals surface area contributed by atoms with Gasteiger partial charge in [0.1, 0.15) is 11.7 Å². The van der Waals surface area contributed by atoms with Crippen LogP contribution in [0.2, 0.25) is 0 Å². The third-order valence-electron chi connectivity index (χ3n) is 4.94. The first-order valence-corrected chi connectivity index (χ1v) is 9.00. The molecule has 3 rings (SSSR count). The minimum atomic E-state index is -0.161.